The van der Waals surface area contributed by atoms with Crippen molar-refractivity contribution in [2.45, 2.75) is 19.0 Å². The average Bonchev–Trinajstić information content (AvgIpc) is 2.57. The summed E-state index contributed by atoms with van der Waals surface area (Å²) in [6.07, 6.45) is 0.702. The van der Waals surface area contributed by atoms with Crippen molar-refractivity contribution >= 4 is 37.4 Å². The highest BCUT2D eigenvalue weighted by Crippen LogP contribution is 2.22. The molecule has 17 heavy (non-hydrogen) atoms. The van der Waals surface area contributed by atoms with Crippen molar-refractivity contribution in [1.29, 1.82) is 0 Å². The van der Waals surface area contributed by atoms with Crippen LogP contribution < -0.4 is 5.32 Å². The van der Waals surface area contributed by atoms with Gasteiger partial charge in [0.25, 0.3) is 0 Å². The smallest absolute Gasteiger partial charge is 0.151 e. The summed E-state index contributed by atoms with van der Waals surface area (Å²) in [5.41, 5.74) is 1.08. The number of hydrogen-bond donors (Lipinski definition) is 1. The zero-order chi connectivity index (χ0) is 12.5. The maximum absolute atomic E-state index is 11.3. The topological polar surface area (TPSA) is 46.2 Å². The number of sulfone groups is 1. The molecule has 1 unspecified atom stereocenters. The molecule has 0 bridgehead atoms. The van der Waals surface area contributed by atoms with E-state index in [-0.39, 0.29) is 11.8 Å². The van der Waals surface area contributed by atoms with Gasteiger partial charge in [0.05, 0.1) is 11.5 Å². The predicted octanol–water partition coefficient (Wildman–Crippen LogP) is 2.38. The molecule has 0 saturated carbocycles. The molecule has 0 radical (unpaired) electrons. The van der Waals surface area contributed by atoms with Crippen molar-refractivity contribution in [3.8, 4) is 0 Å². The quantitative estimate of drug-likeness (QED) is 0.920. The maximum atomic E-state index is 11.3. The molecule has 0 aliphatic carbocycles. The Morgan fingerprint density at radius 2 is 2.24 bits per heavy atom. The zero-order valence-corrected chi connectivity index (χ0v) is 12.3. The van der Waals surface area contributed by atoms with Gasteiger partial charge in [-0.15, -0.1) is 0 Å². The number of nitrogens with one attached hydrogen (secondary N) is 1. The minimum absolute atomic E-state index is 0.0718. The Balaban J connectivity index is 1.95. The third-order valence-corrected chi connectivity index (χ3v) is 5.57. The van der Waals surface area contributed by atoms with E-state index in [0.29, 0.717) is 23.7 Å². The van der Waals surface area contributed by atoms with Gasteiger partial charge in [-0.3, -0.25) is 0 Å². The molecule has 1 N–H and O–H groups in total. The highest BCUT2D eigenvalue weighted by Gasteiger charge is 2.27. The summed E-state index contributed by atoms with van der Waals surface area (Å²) in [5.74, 6) is 0.546. The molecular formula is C11H13BrClNO2S. The van der Waals surface area contributed by atoms with Gasteiger partial charge in [0, 0.05) is 22.1 Å². The molecule has 1 aliphatic heterocycles. The normalized spacial score (nSPS) is 22.8. The standard InChI is InChI=1S/C11H13BrClNO2S/c12-11-5-9(13)2-1-8(11)6-14-10-3-4-17(15,16)7-10/h1-2,5,10,14H,3-4,6-7H2. The molecule has 0 amide bonds. The summed E-state index contributed by atoms with van der Waals surface area (Å²) in [5, 5.41) is 3.95. The van der Waals surface area contributed by atoms with E-state index >= 15 is 0 Å². The summed E-state index contributed by atoms with van der Waals surface area (Å²) in [4.78, 5) is 0. The lowest BCUT2D eigenvalue weighted by Gasteiger charge is -2.11. The van der Waals surface area contributed by atoms with Crippen molar-refractivity contribution < 1.29 is 8.42 Å². The number of halogens is 2. The van der Waals surface area contributed by atoms with Gasteiger partial charge in [0.1, 0.15) is 0 Å². The van der Waals surface area contributed by atoms with E-state index in [1.54, 1.807) is 0 Å². The third-order valence-electron chi connectivity index (χ3n) is 2.83. The Labute approximate surface area is 115 Å². The lowest BCUT2D eigenvalue weighted by molar-refractivity contribution is 0.553. The first-order valence-corrected chi connectivity index (χ1v) is 8.33. The third kappa shape index (κ3) is 3.68. The summed E-state index contributed by atoms with van der Waals surface area (Å²) >= 11 is 9.29. The van der Waals surface area contributed by atoms with Crippen LogP contribution in [0.15, 0.2) is 22.7 Å². The van der Waals surface area contributed by atoms with E-state index in [9.17, 15) is 8.42 Å². The molecule has 1 aromatic rings. The van der Waals surface area contributed by atoms with Crippen molar-refractivity contribution in [3.05, 3.63) is 33.3 Å². The largest absolute Gasteiger partial charge is 0.309 e. The second-order valence-corrected chi connectivity index (χ2v) is 7.74. The number of rotatable bonds is 3. The summed E-state index contributed by atoms with van der Waals surface area (Å²) < 4.78 is 23.5. The van der Waals surface area contributed by atoms with Crippen LogP contribution in [0.4, 0.5) is 0 Å². The SMILES string of the molecule is O=S1(=O)CCC(NCc2ccc(Cl)cc2Br)C1. The molecule has 1 saturated heterocycles. The molecule has 1 fully saturated rings. The van der Waals surface area contributed by atoms with E-state index in [0.717, 1.165) is 10.0 Å². The highest BCUT2D eigenvalue weighted by atomic mass is 79.9. The molecule has 1 aliphatic rings. The summed E-state index contributed by atoms with van der Waals surface area (Å²) in [7, 11) is -2.81. The molecule has 2 rings (SSSR count). The number of benzene rings is 1. The molecular weight excluding hydrogens is 326 g/mol. The first-order valence-electron chi connectivity index (χ1n) is 5.34. The summed E-state index contributed by atoms with van der Waals surface area (Å²) in [6.45, 7) is 0.651. The molecule has 1 atom stereocenters. The fraction of sp³-hybridized carbons (Fsp3) is 0.455. The van der Waals surface area contributed by atoms with Crippen LogP contribution in [0.1, 0.15) is 12.0 Å². The van der Waals surface area contributed by atoms with Crippen LogP contribution in [0.2, 0.25) is 5.02 Å². The van der Waals surface area contributed by atoms with Crippen molar-refractivity contribution in [3.63, 3.8) is 0 Å². The fourth-order valence-electron chi connectivity index (χ4n) is 1.88. The van der Waals surface area contributed by atoms with Crippen molar-refractivity contribution in [2.24, 2.45) is 0 Å². The molecule has 6 heteroatoms. The molecule has 0 spiro atoms. The van der Waals surface area contributed by atoms with Crippen LogP contribution >= 0.6 is 27.5 Å². The second-order valence-electron chi connectivity index (χ2n) is 4.22. The van der Waals surface area contributed by atoms with Gasteiger partial charge in [-0.25, -0.2) is 8.42 Å². The van der Waals surface area contributed by atoms with E-state index in [1.807, 2.05) is 18.2 Å². The van der Waals surface area contributed by atoms with Crippen LogP contribution in [0.3, 0.4) is 0 Å². The Morgan fingerprint density at radius 3 is 2.82 bits per heavy atom. The van der Waals surface area contributed by atoms with E-state index < -0.39 is 9.84 Å². The van der Waals surface area contributed by atoms with E-state index in [4.69, 9.17) is 11.6 Å². The first-order chi connectivity index (χ1) is 7.96. The molecule has 1 aromatic carbocycles. The Bertz CT molecular complexity index is 518. The number of hydrogen-bond acceptors (Lipinski definition) is 3. The minimum Gasteiger partial charge on any atom is -0.309 e. The zero-order valence-electron chi connectivity index (χ0n) is 9.12. The first kappa shape index (κ1) is 13.3. The van der Waals surface area contributed by atoms with Gasteiger partial charge in [-0.2, -0.15) is 0 Å². The van der Waals surface area contributed by atoms with Crippen molar-refractivity contribution in [2.75, 3.05) is 11.5 Å². The van der Waals surface area contributed by atoms with Crippen LogP contribution in [0, 0.1) is 0 Å². The second kappa shape index (κ2) is 5.26. The Kier molecular flexibility index (Phi) is 4.13. The lowest BCUT2D eigenvalue weighted by Crippen LogP contribution is -2.29. The molecule has 94 valence electrons. The van der Waals surface area contributed by atoms with Gasteiger partial charge in [-0.05, 0) is 24.1 Å². The van der Waals surface area contributed by atoms with Gasteiger partial charge >= 0.3 is 0 Å². The maximum Gasteiger partial charge on any atom is 0.151 e. The average molecular weight is 339 g/mol. The molecule has 3 nitrogen and oxygen atoms in total. The van der Waals surface area contributed by atoms with Crippen LogP contribution in [-0.4, -0.2) is 26.0 Å². The highest BCUT2D eigenvalue weighted by molar-refractivity contribution is 9.10. The van der Waals surface area contributed by atoms with Gasteiger partial charge in [0.15, 0.2) is 9.84 Å². The van der Waals surface area contributed by atoms with Gasteiger partial charge < -0.3 is 5.32 Å². The molecule has 1 heterocycles. The Hall–Kier alpha value is -0.100. The molecule has 0 aromatic heterocycles. The predicted molar refractivity (Wildman–Crippen MR) is 73.1 cm³/mol. The summed E-state index contributed by atoms with van der Waals surface area (Å²) in [6, 6.07) is 5.67. The van der Waals surface area contributed by atoms with E-state index in [1.165, 1.54) is 0 Å². The van der Waals surface area contributed by atoms with Crippen LogP contribution in [0.5, 0.6) is 0 Å². The van der Waals surface area contributed by atoms with Crippen molar-refractivity contribution in [1.82, 2.24) is 5.32 Å². The van der Waals surface area contributed by atoms with E-state index in [2.05, 4.69) is 21.2 Å². The van der Waals surface area contributed by atoms with Gasteiger partial charge in [-0.1, -0.05) is 33.6 Å². The Morgan fingerprint density at radius 1 is 1.47 bits per heavy atom. The minimum atomic E-state index is -2.81. The van der Waals surface area contributed by atoms with Gasteiger partial charge in [0.2, 0.25) is 0 Å². The van der Waals surface area contributed by atoms with Crippen LogP contribution in [0.25, 0.3) is 0 Å². The van der Waals surface area contributed by atoms with Crippen LogP contribution in [-0.2, 0) is 16.4 Å². The fourth-order valence-corrected chi connectivity index (χ4v) is 4.41. The monoisotopic (exact) mass is 337 g/mol. The lowest BCUT2D eigenvalue weighted by atomic mass is 10.2.